The van der Waals surface area contributed by atoms with Gasteiger partial charge in [0.05, 0.1) is 5.56 Å². The Balaban J connectivity index is 2.25. The minimum absolute atomic E-state index is 0.0303. The molecule has 1 fully saturated rings. The summed E-state index contributed by atoms with van der Waals surface area (Å²) < 4.78 is 55.8. The van der Waals surface area contributed by atoms with Gasteiger partial charge in [-0.05, 0) is 25.1 Å². The minimum atomic E-state index is -4.71. The summed E-state index contributed by atoms with van der Waals surface area (Å²) in [6.45, 7) is 2.90. The number of nitrogens with one attached hydrogen (secondary N) is 1. The van der Waals surface area contributed by atoms with E-state index in [0.29, 0.717) is 19.2 Å². The molecule has 6 heteroatoms. The van der Waals surface area contributed by atoms with Crippen LogP contribution in [0, 0.1) is 5.82 Å². The van der Waals surface area contributed by atoms with Crippen LogP contribution in [0.15, 0.2) is 18.2 Å². The predicted molar refractivity (Wildman–Crippen MR) is 53.3 cm³/mol. The van der Waals surface area contributed by atoms with Crippen LogP contribution in [-0.2, 0) is 6.18 Å². The number of alkyl halides is 3. The van der Waals surface area contributed by atoms with Gasteiger partial charge in [0.1, 0.15) is 17.2 Å². The number of halogens is 4. The Morgan fingerprint density at radius 2 is 1.94 bits per heavy atom. The van der Waals surface area contributed by atoms with E-state index in [1.807, 2.05) is 0 Å². The molecule has 94 valence electrons. The van der Waals surface area contributed by atoms with Gasteiger partial charge >= 0.3 is 6.18 Å². The van der Waals surface area contributed by atoms with Crippen molar-refractivity contribution in [2.24, 2.45) is 0 Å². The molecular formula is C11H11F4NO. The van der Waals surface area contributed by atoms with E-state index in [4.69, 9.17) is 4.74 Å². The smallest absolute Gasteiger partial charge is 0.419 e. The molecule has 0 aliphatic carbocycles. The monoisotopic (exact) mass is 249 g/mol. The highest BCUT2D eigenvalue weighted by Crippen LogP contribution is 2.34. The van der Waals surface area contributed by atoms with Gasteiger partial charge in [0.15, 0.2) is 0 Å². The van der Waals surface area contributed by atoms with E-state index in [-0.39, 0.29) is 5.75 Å². The molecule has 0 bridgehead atoms. The second-order valence-corrected chi connectivity index (χ2v) is 4.29. The molecule has 0 radical (unpaired) electrons. The third-order valence-electron chi connectivity index (χ3n) is 2.61. The molecule has 0 amide bonds. The maximum atomic E-state index is 13.0. The molecule has 0 unspecified atom stereocenters. The average Bonchev–Trinajstić information content (AvgIpc) is 2.17. The standard InChI is InChI=1S/C11H11F4NO/c1-10(5-16-6-10)17-7-2-3-9(12)8(4-7)11(13,14)15/h2-4,16H,5-6H2,1H3. The number of ether oxygens (including phenoxy) is 1. The zero-order chi connectivity index (χ0) is 12.7. The van der Waals surface area contributed by atoms with Crippen molar-refractivity contribution in [3.63, 3.8) is 0 Å². The maximum absolute atomic E-state index is 13.0. The van der Waals surface area contributed by atoms with Crippen LogP contribution in [0.3, 0.4) is 0 Å². The van der Waals surface area contributed by atoms with E-state index < -0.39 is 23.2 Å². The Morgan fingerprint density at radius 3 is 2.41 bits per heavy atom. The fourth-order valence-electron chi connectivity index (χ4n) is 1.62. The molecule has 2 nitrogen and oxygen atoms in total. The van der Waals surface area contributed by atoms with Gasteiger partial charge in [0.25, 0.3) is 0 Å². The van der Waals surface area contributed by atoms with Crippen LogP contribution in [0.1, 0.15) is 12.5 Å². The van der Waals surface area contributed by atoms with Crippen LogP contribution in [0.25, 0.3) is 0 Å². The van der Waals surface area contributed by atoms with Gasteiger partial charge in [-0.1, -0.05) is 0 Å². The highest BCUT2D eigenvalue weighted by atomic mass is 19.4. The van der Waals surface area contributed by atoms with Crippen LogP contribution in [0.4, 0.5) is 17.6 Å². The summed E-state index contributed by atoms with van der Waals surface area (Å²) in [6.07, 6.45) is -4.71. The van der Waals surface area contributed by atoms with E-state index in [1.54, 1.807) is 6.92 Å². The second-order valence-electron chi connectivity index (χ2n) is 4.29. The van der Waals surface area contributed by atoms with Gasteiger partial charge < -0.3 is 10.1 Å². The van der Waals surface area contributed by atoms with Gasteiger partial charge in [0, 0.05) is 13.1 Å². The van der Waals surface area contributed by atoms with Crippen molar-refractivity contribution in [1.82, 2.24) is 5.32 Å². The molecule has 1 saturated heterocycles. The summed E-state index contributed by atoms with van der Waals surface area (Å²) in [5.41, 5.74) is -1.81. The number of rotatable bonds is 2. The SMILES string of the molecule is CC1(Oc2ccc(F)c(C(F)(F)F)c2)CNC1. The second kappa shape index (κ2) is 3.87. The van der Waals surface area contributed by atoms with Crippen LogP contribution < -0.4 is 10.1 Å². The number of hydrogen-bond donors (Lipinski definition) is 1. The highest BCUT2D eigenvalue weighted by Gasteiger charge is 2.37. The summed E-state index contributed by atoms with van der Waals surface area (Å²) in [7, 11) is 0. The molecule has 0 spiro atoms. The van der Waals surface area contributed by atoms with E-state index in [0.717, 1.165) is 6.07 Å². The van der Waals surface area contributed by atoms with Crippen molar-refractivity contribution in [3.05, 3.63) is 29.6 Å². The average molecular weight is 249 g/mol. The van der Waals surface area contributed by atoms with E-state index in [2.05, 4.69) is 5.32 Å². The first-order chi connectivity index (χ1) is 7.80. The topological polar surface area (TPSA) is 21.3 Å². The van der Waals surface area contributed by atoms with Crippen LogP contribution in [0.5, 0.6) is 5.75 Å². The Hall–Kier alpha value is -1.30. The zero-order valence-electron chi connectivity index (χ0n) is 9.07. The summed E-state index contributed by atoms with van der Waals surface area (Å²) in [4.78, 5) is 0. The summed E-state index contributed by atoms with van der Waals surface area (Å²) in [5.74, 6) is -1.26. The quantitative estimate of drug-likeness (QED) is 0.813. The Labute approximate surface area is 95.6 Å². The lowest BCUT2D eigenvalue weighted by Gasteiger charge is -2.39. The van der Waals surface area contributed by atoms with Crippen molar-refractivity contribution in [1.29, 1.82) is 0 Å². The van der Waals surface area contributed by atoms with Gasteiger partial charge in [0.2, 0.25) is 0 Å². The van der Waals surface area contributed by atoms with E-state index in [1.165, 1.54) is 6.07 Å². The summed E-state index contributed by atoms with van der Waals surface area (Å²) >= 11 is 0. The lowest BCUT2D eigenvalue weighted by Crippen LogP contribution is -2.61. The third kappa shape index (κ3) is 2.52. The van der Waals surface area contributed by atoms with Crippen molar-refractivity contribution in [3.8, 4) is 5.75 Å². The lowest BCUT2D eigenvalue weighted by molar-refractivity contribution is -0.140. The van der Waals surface area contributed by atoms with Crippen LogP contribution >= 0.6 is 0 Å². The first kappa shape index (κ1) is 12.2. The minimum Gasteiger partial charge on any atom is -0.485 e. The molecule has 1 heterocycles. The molecule has 1 aliphatic rings. The molecule has 1 aliphatic heterocycles. The van der Waals surface area contributed by atoms with Crippen molar-refractivity contribution < 1.29 is 22.3 Å². The molecule has 2 rings (SSSR count). The molecule has 0 aromatic heterocycles. The number of hydrogen-bond acceptors (Lipinski definition) is 2. The van der Waals surface area contributed by atoms with E-state index in [9.17, 15) is 17.6 Å². The van der Waals surface area contributed by atoms with Gasteiger partial charge in [-0.3, -0.25) is 0 Å². The van der Waals surface area contributed by atoms with Crippen molar-refractivity contribution >= 4 is 0 Å². The third-order valence-corrected chi connectivity index (χ3v) is 2.61. The fraction of sp³-hybridized carbons (Fsp3) is 0.455. The molecule has 17 heavy (non-hydrogen) atoms. The van der Waals surface area contributed by atoms with E-state index >= 15 is 0 Å². The first-order valence-corrected chi connectivity index (χ1v) is 5.07. The largest absolute Gasteiger partial charge is 0.485 e. The summed E-state index contributed by atoms with van der Waals surface area (Å²) in [6, 6.07) is 2.67. The molecule has 0 atom stereocenters. The molecule has 1 aromatic carbocycles. The Kier molecular flexibility index (Phi) is 2.77. The predicted octanol–water partition coefficient (Wildman–Crippen LogP) is 2.59. The highest BCUT2D eigenvalue weighted by molar-refractivity contribution is 5.32. The van der Waals surface area contributed by atoms with Crippen LogP contribution in [-0.4, -0.2) is 18.7 Å². The van der Waals surface area contributed by atoms with Gasteiger partial charge in [-0.2, -0.15) is 13.2 Å². The van der Waals surface area contributed by atoms with Gasteiger partial charge in [-0.15, -0.1) is 0 Å². The zero-order valence-corrected chi connectivity index (χ0v) is 9.07. The van der Waals surface area contributed by atoms with Crippen LogP contribution in [0.2, 0.25) is 0 Å². The number of benzene rings is 1. The molecular weight excluding hydrogens is 238 g/mol. The van der Waals surface area contributed by atoms with Crippen molar-refractivity contribution in [2.45, 2.75) is 18.7 Å². The van der Waals surface area contributed by atoms with Gasteiger partial charge in [-0.25, -0.2) is 4.39 Å². The molecule has 1 N–H and O–H groups in total. The Bertz CT molecular complexity index is 426. The first-order valence-electron chi connectivity index (χ1n) is 5.07. The lowest BCUT2D eigenvalue weighted by atomic mass is 10.00. The Morgan fingerprint density at radius 1 is 1.29 bits per heavy atom. The fourth-order valence-corrected chi connectivity index (χ4v) is 1.62. The summed E-state index contributed by atoms with van der Waals surface area (Å²) in [5, 5.41) is 2.96. The maximum Gasteiger partial charge on any atom is 0.419 e. The van der Waals surface area contributed by atoms with Crippen molar-refractivity contribution in [2.75, 3.05) is 13.1 Å². The normalized spacial score (nSPS) is 18.6. The molecule has 1 aromatic rings. The molecule has 0 saturated carbocycles.